The van der Waals surface area contributed by atoms with Crippen molar-refractivity contribution >= 4 is 45.8 Å². The van der Waals surface area contributed by atoms with Gasteiger partial charge in [0.05, 0.1) is 0 Å². The maximum Gasteiger partial charge on any atom is 0.325 e. The van der Waals surface area contributed by atoms with Gasteiger partial charge in [-0.25, -0.2) is 0 Å². The summed E-state index contributed by atoms with van der Waals surface area (Å²) in [5.74, 6) is -1.80. The Morgan fingerprint density at radius 1 is 1.04 bits per heavy atom. The Balaban J connectivity index is 1.47. The van der Waals surface area contributed by atoms with Gasteiger partial charge in [-0.3, -0.25) is 19.4 Å². The maximum atomic E-state index is 12.1. The monoisotopic (exact) mass is 397 g/mol. The first-order chi connectivity index (χ1) is 13.5. The molecule has 0 bridgehead atoms. The van der Waals surface area contributed by atoms with Crippen LogP contribution in [0.4, 0.5) is 5.69 Å². The minimum Gasteiger partial charge on any atom is -0.454 e. The number of carbonyl (C=O) groups is 3. The van der Waals surface area contributed by atoms with Crippen LogP contribution < -0.4 is 10.6 Å². The van der Waals surface area contributed by atoms with E-state index in [1.807, 2.05) is 36.4 Å². The summed E-state index contributed by atoms with van der Waals surface area (Å²) < 4.78 is 4.89. The Kier molecular flexibility index (Phi) is 6.18. The molecular formula is C20H16ClN3O4. The lowest BCUT2D eigenvalue weighted by Gasteiger charge is -2.09. The molecule has 0 aliphatic rings. The molecule has 0 saturated carbocycles. The van der Waals surface area contributed by atoms with Gasteiger partial charge in [-0.1, -0.05) is 48.0 Å². The number of aromatic nitrogens is 1. The third-order valence-corrected chi connectivity index (χ3v) is 4.01. The number of rotatable bonds is 6. The van der Waals surface area contributed by atoms with E-state index in [-0.39, 0.29) is 5.69 Å². The second-order valence-electron chi connectivity index (χ2n) is 5.78. The lowest BCUT2D eigenvalue weighted by molar-refractivity contribution is -0.146. The predicted molar refractivity (Wildman–Crippen MR) is 105 cm³/mol. The fourth-order valence-corrected chi connectivity index (χ4v) is 2.65. The summed E-state index contributed by atoms with van der Waals surface area (Å²) in [7, 11) is 0. The summed E-state index contributed by atoms with van der Waals surface area (Å²) in [4.78, 5) is 39.5. The Bertz CT molecular complexity index is 1030. The number of ether oxygens (including phenoxy) is 1. The minimum atomic E-state index is -0.747. The van der Waals surface area contributed by atoms with Crippen LogP contribution in [-0.2, 0) is 14.3 Å². The van der Waals surface area contributed by atoms with Crippen molar-refractivity contribution in [2.75, 3.05) is 18.5 Å². The molecule has 0 spiro atoms. The van der Waals surface area contributed by atoms with E-state index in [9.17, 15) is 14.4 Å². The number of halogens is 1. The zero-order chi connectivity index (χ0) is 19.9. The van der Waals surface area contributed by atoms with Crippen molar-refractivity contribution in [3.8, 4) is 0 Å². The van der Waals surface area contributed by atoms with Gasteiger partial charge in [0.1, 0.15) is 12.2 Å². The highest BCUT2D eigenvalue weighted by Gasteiger charge is 2.12. The molecule has 3 aromatic rings. The number of anilines is 1. The van der Waals surface area contributed by atoms with Crippen LogP contribution in [0.25, 0.3) is 10.8 Å². The number of nitrogens with zero attached hydrogens (tertiary/aromatic N) is 1. The van der Waals surface area contributed by atoms with E-state index in [0.29, 0.717) is 10.7 Å². The molecule has 2 aromatic carbocycles. The van der Waals surface area contributed by atoms with Crippen LogP contribution in [0.1, 0.15) is 10.5 Å². The Labute approximate surface area is 165 Å². The van der Waals surface area contributed by atoms with Crippen LogP contribution in [0.3, 0.4) is 0 Å². The fraction of sp³-hybridized carbons (Fsp3) is 0.100. The number of hydrogen-bond donors (Lipinski definition) is 2. The first-order valence-electron chi connectivity index (χ1n) is 8.36. The van der Waals surface area contributed by atoms with Crippen LogP contribution in [0.2, 0.25) is 5.02 Å². The van der Waals surface area contributed by atoms with Crippen LogP contribution in [0.5, 0.6) is 0 Å². The average molecular weight is 398 g/mol. The molecule has 0 fully saturated rings. The molecule has 2 amide bonds. The van der Waals surface area contributed by atoms with Crippen LogP contribution >= 0.6 is 11.6 Å². The van der Waals surface area contributed by atoms with E-state index >= 15 is 0 Å². The van der Waals surface area contributed by atoms with E-state index in [2.05, 4.69) is 15.6 Å². The first kappa shape index (κ1) is 19.3. The van der Waals surface area contributed by atoms with Crippen LogP contribution in [-0.4, -0.2) is 35.9 Å². The number of hydrogen-bond acceptors (Lipinski definition) is 5. The van der Waals surface area contributed by atoms with Crippen molar-refractivity contribution in [2.24, 2.45) is 0 Å². The van der Waals surface area contributed by atoms with Gasteiger partial charge >= 0.3 is 5.97 Å². The molecule has 28 heavy (non-hydrogen) atoms. The third-order valence-electron chi connectivity index (χ3n) is 3.78. The summed E-state index contributed by atoms with van der Waals surface area (Å²) in [6.07, 6.45) is 1.38. The number of pyridine rings is 1. The number of nitrogens with one attached hydrogen (secondary N) is 2. The maximum absolute atomic E-state index is 12.1. The van der Waals surface area contributed by atoms with Gasteiger partial charge in [0.15, 0.2) is 6.61 Å². The molecule has 8 heteroatoms. The van der Waals surface area contributed by atoms with Crippen molar-refractivity contribution in [3.63, 3.8) is 0 Å². The van der Waals surface area contributed by atoms with Gasteiger partial charge in [-0.2, -0.15) is 0 Å². The molecular weight excluding hydrogens is 382 g/mol. The van der Waals surface area contributed by atoms with Gasteiger partial charge in [-0.15, -0.1) is 0 Å². The Morgan fingerprint density at radius 2 is 1.82 bits per heavy atom. The summed E-state index contributed by atoms with van der Waals surface area (Å²) >= 11 is 5.78. The highest BCUT2D eigenvalue weighted by molar-refractivity contribution is 6.30. The minimum absolute atomic E-state index is 0.0778. The lowest BCUT2D eigenvalue weighted by Crippen LogP contribution is -2.32. The topological polar surface area (TPSA) is 97.4 Å². The van der Waals surface area contributed by atoms with Gasteiger partial charge in [-0.05, 0) is 23.6 Å². The van der Waals surface area contributed by atoms with E-state index in [1.54, 1.807) is 6.07 Å². The van der Waals surface area contributed by atoms with E-state index in [1.165, 1.54) is 18.3 Å². The molecule has 0 atom stereocenters. The Morgan fingerprint density at radius 3 is 2.64 bits per heavy atom. The van der Waals surface area contributed by atoms with Gasteiger partial charge in [0, 0.05) is 22.3 Å². The highest BCUT2D eigenvalue weighted by Crippen LogP contribution is 2.22. The molecule has 0 saturated heterocycles. The number of fused-ring (bicyclic) bond motifs is 1. The van der Waals surface area contributed by atoms with Crippen LogP contribution in [0.15, 0.2) is 60.8 Å². The van der Waals surface area contributed by atoms with E-state index < -0.39 is 30.9 Å². The quantitative estimate of drug-likeness (QED) is 0.623. The van der Waals surface area contributed by atoms with Crippen molar-refractivity contribution in [3.05, 3.63) is 71.5 Å². The lowest BCUT2D eigenvalue weighted by atomic mass is 10.1. The van der Waals surface area contributed by atoms with Gasteiger partial charge in [0.2, 0.25) is 0 Å². The van der Waals surface area contributed by atoms with Crippen molar-refractivity contribution in [1.82, 2.24) is 10.3 Å². The van der Waals surface area contributed by atoms with E-state index in [0.717, 1.165) is 10.8 Å². The molecule has 7 nitrogen and oxygen atoms in total. The Hall–Kier alpha value is -3.45. The average Bonchev–Trinajstić information content (AvgIpc) is 2.71. The molecule has 142 valence electrons. The van der Waals surface area contributed by atoms with Crippen molar-refractivity contribution < 1.29 is 19.1 Å². The number of benzene rings is 2. The standard InChI is InChI=1S/C20H16ClN3O4/c21-14-8-9-22-17(10-14)20(27)23-11-19(26)28-12-18(25)24-16-7-3-5-13-4-1-2-6-15(13)16/h1-10H,11-12H2,(H,23,27)(H,24,25). The highest BCUT2D eigenvalue weighted by atomic mass is 35.5. The summed E-state index contributed by atoms with van der Waals surface area (Å²) in [5.41, 5.74) is 0.702. The normalized spacial score (nSPS) is 10.3. The molecule has 3 rings (SSSR count). The largest absolute Gasteiger partial charge is 0.454 e. The zero-order valence-electron chi connectivity index (χ0n) is 14.6. The fourth-order valence-electron chi connectivity index (χ4n) is 2.49. The zero-order valence-corrected chi connectivity index (χ0v) is 15.4. The first-order valence-corrected chi connectivity index (χ1v) is 8.74. The van der Waals surface area contributed by atoms with Crippen LogP contribution in [0, 0.1) is 0 Å². The van der Waals surface area contributed by atoms with Crippen molar-refractivity contribution in [1.29, 1.82) is 0 Å². The van der Waals surface area contributed by atoms with Crippen molar-refractivity contribution in [2.45, 2.75) is 0 Å². The van der Waals surface area contributed by atoms with Gasteiger partial charge in [0.25, 0.3) is 11.8 Å². The molecule has 2 N–H and O–H groups in total. The number of amides is 2. The number of carbonyl (C=O) groups excluding carboxylic acids is 3. The summed E-state index contributed by atoms with van der Waals surface area (Å²) in [6.45, 7) is -0.859. The smallest absolute Gasteiger partial charge is 0.325 e. The molecule has 0 unspecified atom stereocenters. The molecule has 0 radical (unpaired) electrons. The molecule has 0 aliphatic heterocycles. The molecule has 1 aromatic heterocycles. The summed E-state index contributed by atoms with van der Waals surface area (Å²) in [6, 6.07) is 16.0. The number of esters is 1. The molecule has 1 heterocycles. The second-order valence-corrected chi connectivity index (χ2v) is 6.21. The SMILES string of the molecule is O=C(COC(=O)CNC(=O)c1cc(Cl)ccn1)Nc1cccc2ccccc12. The van der Waals surface area contributed by atoms with E-state index in [4.69, 9.17) is 16.3 Å². The van der Waals surface area contributed by atoms with Gasteiger partial charge < -0.3 is 15.4 Å². The predicted octanol–water partition coefficient (Wildman–Crippen LogP) is 2.80. The summed E-state index contributed by atoms with van der Waals surface area (Å²) in [5, 5.41) is 7.28. The molecule has 0 aliphatic carbocycles. The second kappa shape index (κ2) is 8.96. The third kappa shape index (κ3) is 5.05.